The van der Waals surface area contributed by atoms with E-state index in [1.165, 1.54) is 22.3 Å². The van der Waals surface area contributed by atoms with Gasteiger partial charge in [-0.2, -0.15) is 0 Å². The monoisotopic (exact) mass is 290 g/mol. The number of nitrogens with zero attached hydrogens (tertiary/aromatic N) is 2. The molecule has 1 amide bonds. The lowest BCUT2D eigenvalue weighted by molar-refractivity contribution is 0.0756. The van der Waals surface area contributed by atoms with Gasteiger partial charge in [0, 0.05) is 24.0 Å². The van der Waals surface area contributed by atoms with E-state index in [1.807, 2.05) is 6.92 Å². The fourth-order valence-electron chi connectivity index (χ4n) is 1.83. The van der Waals surface area contributed by atoms with Gasteiger partial charge in [0.15, 0.2) is 0 Å². The van der Waals surface area contributed by atoms with Crippen LogP contribution in [0.2, 0.25) is 0 Å². The molecule has 1 aromatic heterocycles. The molecule has 0 atom stereocenters. The molecule has 5 heteroatoms. The maximum Gasteiger partial charge on any atom is 0.273 e. The Kier molecular flexibility index (Phi) is 4.63. The van der Waals surface area contributed by atoms with Gasteiger partial charge in [-0.25, -0.2) is 9.37 Å². The Morgan fingerprint density at radius 1 is 1.50 bits per heavy atom. The van der Waals surface area contributed by atoms with Gasteiger partial charge in [0.05, 0.1) is 5.01 Å². The predicted octanol–water partition coefficient (Wildman–Crippen LogP) is 3.42. The number of carbonyl (C=O) groups excluding carboxylic acids is 1. The zero-order valence-electron chi connectivity index (χ0n) is 11.2. The summed E-state index contributed by atoms with van der Waals surface area (Å²) in [7, 11) is 0. The number of benzene rings is 1. The average molecular weight is 290 g/mol. The highest BCUT2D eigenvalue weighted by molar-refractivity contribution is 7.09. The number of hydrogen-bond acceptors (Lipinski definition) is 3. The summed E-state index contributed by atoms with van der Waals surface area (Å²) in [6.45, 7) is 6.04. The van der Waals surface area contributed by atoms with Crippen molar-refractivity contribution in [3.8, 4) is 0 Å². The maximum absolute atomic E-state index is 13.7. The van der Waals surface area contributed by atoms with Crippen molar-refractivity contribution in [2.24, 2.45) is 0 Å². The van der Waals surface area contributed by atoms with Gasteiger partial charge in [0.2, 0.25) is 0 Å². The number of halogens is 1. The fourth-order valence-corrected chi connectivity index (χ4v) is 2.42. The molecule has 0 unspecified atom stereocenters. The van der Waals surface area contributed by atoms with Crippen molar-refractivity contribution in [2.75, 3.05) is 6.54 Å². The molecule has 104 valence electrons. The first-order valence-electron chi connectivity index (χ1n) is 6.17. The van der Waals surface area contributed by atoms with E-state index in [1.54, 1.807) is 29.7 Å². The second-order valence-electron chi connectivity index (χ2n) is 4.32. The standard InChI is InChI=1S/C15H15FN2OS/c1-3-8-18(9-12-6-4-5-7-13(12)16)15(19)14-10-20-11(2)17-14/h3-7,10H,1,8-9H2,2H3. The summed E-state index contributed by atoms with van der Waals surface area (Å²) in [5.74, 6) is -0.527. The molecule has 2 rings (SSSR count). The summed E-state index contributed by atoms with van der Waals surface area (Å²) in [5, 5.41) is 2.55. The van der Waals surface area contributed by atoms with Gasteiger partial charge in [-0.05, 0) is 13.0 Å². The van der Waals surface area contributed by atoms with Crippen molar-refractivity contribution in [2.45, 2.75) is 13.5 Å². The molecule has 0 N–H and O–H groups in total. The van der Waals surface area contributed by atoms with Gasteiger partial charge >= 0.3 is 0 Å². The summed E-state index contributed by atoms with van der Waals surface area (Å²) in [4.78, 5) is 18.1. The van der Waals surface area contributed by atoms with Crippen LogP contribution in [0.4, 0.5) is 4.39 Å². The Bertz CT molecular complexity index is 624. The normalized spacial score (nSPS) is 10.3. The van der Waals surface area contributed by atoms with Crippen LogP contribution in [-0.2, 0) is 6.54 Å². The third-order valence-corrected chi connectivity index (χ3v) is 3.57. The van der Waals surface area contributed by atoms with Crippen LogP contribution in [-0.4, -0.2) is 22.3 Å². The molecule has 0 saturated heterocycles. The van der Waals surface area contributed by atoms with Crippen molar-refractivity contribution in [3.63, 3.8) is 0 Å². The molecule has 1 aromatic carbocycles. The Labute approximate surface area is 121 Å². The van der Waals surface area contributed by atoms with Crippen LogP contribution in [0.5, 0.6) is 0 Å². The topological polar surface area (TPSA) is 33.2 Å². The number of aryl methyl sites for hydroxylation is 1. The smallest absolute Gasteiger partial charge is 0.273 e. The van der Waals surface area contributed by atoms with Gasteiger partial charge in [0.1, 0.15) is 11.5 Å². The second-order valence-corrected chi connectivity index (χ2v) is 5.38. The van der Waals surface area contributed by atoms with Gasteiger partial charge < -0.3 is 4.90 Å². The molecule has 0 aliphatic carbocycles. The molecule has 20 heavy (non-hydrogen) atoms. The van der Waals surface area contributed by atoms with E-state index in [-0.39, 0.29) is 18.3 Å². The minimum atomic E-state index is -0.316. The molecule has 3 nitrogen and oxygen atoms in total. The maximum atomic E-state index is 13.7. The largest absolute Gasteiger partial charge is 0.329 e. The molecule has 0 spiro atoms. The third-order valence-electron chi connectivity index (χ3n) is 2.79. The van der Waals surface area contributed by atoms with E-state index in [0.29, 0.717) is 17.8 Å². The summed E-state index contributed by atoms with van der Waals surface area (Å²) in [6.07, 6.45) is 1.62. The van der Waals surface area contributed by atoms with E-state index in [2.05, 4.69) is 11.6 Å². The van der Waals surface area contributed by atoms with Crippen LogP contribution in [0.25, 0.3) is 0 Å². The number of amides is 1. The average Bonchev–Trinajstić information content (AvgIpc) is 2.86. The molecule has 1 heterocycles. The quantitative estimate of drug-likeness (QED) is 0.791. The van der Waals surface area contributed by atoms with Crippen molar-refractivity contribution >= 4 is 17.2 Å². The van der Waals surface area contributed by atoms with Crippen LogP contribution >= 0.6 is 11.3 Å². The van der Waals surface area contributed by atoms with Gasteiger partial charge in [-0.1, -0.05) is 24.3 Å². The van der Waals surface area contributed by atoms with Crippen molar-refractivity contribution in [1.29, 1.82) is 0 Å². The molecule has 0 aliphatic heterocycles. The molecule has 0 saturated carbocycles. The van der Waals surface area contributed by atoms with E-state index in [4.69, 9.17) is 0 Å². The molecule has 0 bridgehead atoms. The van der Waals surface area contributed by atoms with Crippen LogP contribution in [0.1, 0.15) is 21.1 Å². The van der Waals surface area contributed by atoms with Gasteiger partial charge in [-0.3, -0.25) is 4.79 Å². The molecule has 0 aliphatic rings. The first-order valence-corrected chi connectivity index (χ1v) is 7.05. The molecule has 0 radical (unpaired) electrons. The number of thiazole rings is 1. The molecule has 0 fully saturated rings. The summed E-state index contributed by atoms with van der Waals surface area (Å²) >= 11 is 1.42. The van der Waals surface area contributed by atoms with Gasteiger partial charge in [0.25, 0.3) is 5.91 Å². The van der Waals surface area contributed by atoms with Crippen molar-refractivity contribution in [1.82, 2.24) is 9.88 Å². The number of rotatable bonds is 5. The summed E-state index contributed by atoms with van der Waals surface area (Å²) < 4.78 is 13.7. The zero-order valence-corrected chi connectivity index (χ0v) is 12.0. The van der Waals surface area contributed by atoms with Crippen LogP contribution < -0.4 is 0 Å². The van der Waals surface area contributed by atoms with Crippen LogP contribution in [0.15, 0.2) is 42.3 Å². The summed E-state index contributed by atoms with van der Waals surface area (Å²) in [6, 6.07) is 6.44. The zero-order chi connectivity index (χ0) is 14.5. The lowest BCUT2D eigenvalue weighted by atomic mass is 10.2. The SMILES string of the molecule is C=CCN(Cc1ccccc1F)C(=O)c1csc(C)n1. The highest BCUT2D eigenvalue weighted by atomic mass is 32.1. The fraction of sp³-hybridized carbons (Fsp3) is 0.200. The van der Waals surface area contributed by atoms with E-state index >= 15 is 0 Å². The third kappa shape index (κ3) is 3.30. The van der Waals surface area contributed by atoms with Crippen LogP contribution in [0.3, 0.4) is 0 Å². The highest BCUT2D eigenvalue weighted by Crippen LogP contribution is 2.15. The van der Waals surface area contributed by atoms with Gasteiger partial charge in [-0.15, -0.1) is 17.9 Å². The lowest BCUT2D eigenvalue weighted by Crippen LogP contribution is -2.31. The first kappa shape index (κ1) is 14.4. The highest BCUT2D eigenvalue weighted by Gasteiger charge is 2.18. The molecule has 2 aromatic rings. The Morgan fingerprint density at radius 2 is 2.25 bits per heavy atom. The first-order chi connectivity index (χ1) is 9.61. The second kappa shape index (κ2) is 6.43. The number of carbonyl (C=O) groups is 1. The molecular formula is C15H15FN2OS. The minimum Gasteiger partial charge on any atom is -0.329 e. The molecular weight excluding hydrogens is 275 g/mol. The Hall–Kier alpha value is -2.01. The summed E-state index contributed by atoms with van der Waals surface area (Å²) in [5.41, 5.74) is 0.875. The van der Waals surface area contributed by atoms with E-state index in [9.17, 15) is 9.18 Å². The van der Waals surface area contributed by atoms with Crippen LogP contribution in [0, 0.1) is 12.7 Å². The van der Waals surface area contributed by atoms with Crippen molar-refractivity contribution < 1.29 is 9.18 Å². The number of hydrogen-bond donors (Lipinski definition) is 0. The number of aromatic nitrogens is 1. The lowest BCUT2D eigenvalue weighted by Gasteiger charge is -2.20. The predicted molar refractivity (Wildman–Crippen MR) is 78.2 cm³/mol. The Balaban J connectivity index is 2.21. The minimum absolute atomic E-state index is 0.202. The van der Waals surface area contributed by atoms with E-state index < -0.39 is 0 Å². The van der Waals surface area contributed by atoms with Crippen molar-refractivity contribution in [3.05, 3.63) is 64.4 Å². The Morgan fingerprint density at radius 3 is 2.85 bits per heavy atom. The van der Waals surface area contributed by atoms with E-state index in [0.717, 1.165) is 5.01 Å².